The summed E-state index contributed by atoms with van der Waals surface area (Å²) in [5.41, 5.74) is 2.32. The SMILES string of the molecule is O=C(C(CO)Cc1ccc(Br)cc1)N(c1ccccc1)c1ccc(O)cc1. The van der Waals surface area contributed by atoms with E-state index in [0.717, 1.165) is 10.0 Å². The van der Waals surface area contributed by atoms with Crippen molar-refractivity contribution in [3.8, 4) is 5.75 Å². The molecule has 0 fully saturated rings. The quantitative estimate of drug-likeness (QED) is 0.602. The molecule has 0 radical (unpaired) electrons. The highest BCUT2D eigenvalue weighted by Gasteiger charge is 2.26. The molecule has 0 bridgehead atoms. The molecule has 1 atom stereocenters. The molecule has 0 saturated heterocycles. The van der Waals surface area contributed by atoms with E-state index in [1.54, 1.807) is 29.2 Å². The van der Waals surface area contributed by atoms with E-state index in [-0.39, 0.29) is 18.3 Å². The highest BCUT2D eigenvalue weighted by atomic mass is 79.9. The van der Waals surface area contributed by atoms with Gasteiger partial charge < -0.3 is 10.2 Å². The Balaban J connectivity index is 1.93. The molecule has 0 aromatic heterocycles. The van der Waals surface area contributed by atoms with Crippen LogP contribution in [0.1, 0.15) is 5.56 Å². The van der Waals surface area contributed by atoms with Gasteiger partial charge in [0.2, 0.25) is 5.91 Å². The van der Waals surface area contributed by atoms with Crippen molar-refractivity contribution in [2.45, 2.75) is 6.42 Å². The predicted molar refractivity (Wildman–Crippen MR) is 110 cm³/mol. The minimum Gasteiger partial charge on any atom is -0.508 e. The first-order valence-corrected chi connectivity index (χ1v) is 9.41. The molecule has 0 aliphatic rings. The van der Waals surface area contributed by atoms with Gasteiger partial charge in [-0.25, -0.2) is 0 Å². The molecule has 1 unspecified atom stereocenters. The summed E-state index contributed by atoms with van der Waals surface area (Å²) in [6.45, 7) is -0.254. The van der Waals surface area contributed by atoms with Crippen molar-refractivity contribution in [3.05, 3.63) is 88.9 Å². The Bertz CT molecular complexity index is 880. The topological polar surface area (TPSA) is 60.8 Å². The highest BCUT2D eigenvalue weighted by molar-refractivity contribution is 9.10. The van der Waals surface area contributed by atoms with E-state index in [1.165, 1.54) is 0 Å². The molecule has 3 aromatic carbocycles. The minimum atomic E-state index is -0.583. The number of phenolic OH excluding ortho intramolecular Hbond substituents is 1. The van der Waals surface area contributed by atoms with Gasteiger partial charge in [-0.15, -0.1) is 0 Å². The first-order valence-electron chi connectivity index (χ1n) is 8.62. The predicted octanol–water partition coefficient (Wildman–Crippen LogP) is 4.67. The number of rotatable bonds is 6. The van der Waals surface area contributed by atoms with Crippen LogP contribution in [0, 0.1) is 5.92 Å². The number of carbonyl (C=O) groups excluding carboxylic acids is 1. The second kappa shape index (κ2) is 8.84. The molecule has 27 heavy (non-hydrogen) atoms. The fraction of sp³-hybridized carbons (Fsp3) is 0.136. The molecule has 0 heterocycles. The normalized spacial score (nSPS) is 11.8. The van der Waals surface area contributed by atoms with Crippen LogP contribution < -0.4 is 4.90 Å². The fourth-order valence-corrected chi connectivity index (χ4v) is 3.16. The van der Waals surface area contributed by atoms with Gasteiger partial charge in [-0.05, 0) is 60.5 Å². The number of anilines is 2. The van der Waals surface area contributed by atoms with Crippen LogP contribution in [0.5, 0.6) is 5.75 Å². The van der Waals surface area contributed by atoms with Crippen molar-refractivity contribution >= 4 is 33.2 Å². The number of nitrogens with zero attached hydrogens (tertiary/aromatic N) is 1. The average Bonchev–Trinajstić information content (AvgIpc) is 2.70. The molecular weight excluding hydrogens is 406 g/mol. The Labute approximate surface area is 166 Å². The summed E-state index contributed by atoms with van der Waals surface area (Å²) in [7, 11) is 0. The monoisotopic (exact) mass is 425 g/mol. The van der Waals surface area contributed by atoms with Crippen LogP contribution in [-0.4, -0.2) is 22.7 Å². The maximum Gasteiger partial charge on any atom is 0.237 e. The highest BCUT2D eigenvalue weighted by Crippen LogP contribution is 2.29. The van der Waals surface area contributed by atoms with Gasteiger partial charge in [0.15, 0.2) is 0 Å². The van der Waals surface area contributed by atoms with Gasteiger partial charge in [0, 0.05) is 15.8 Å². The number of carbonyl (C=O) groups is 1. The fourth-order valence-electron chi connectivity index (χ4n) is 2.90. The smallest absolute Gasteiger partial charge is 0.237 e. The second-order valence-electron chi connectivity index (χ2n) is 6.24. The first kappa shape index (κ1) is 19.1. The van der Waals surface area contributed by atoms with E-state index >= 15 is 0 Å². The number of amides is 1. The number of halogens is 1. The zero-order chi connectivity index (χ0) is 19.2. The Hall–Kier alpha value is -2.63. The molecule has 5 heteroatoms. The lowest BCUT2D eigenvalue weighted by molar-refractivity contribution is -0.122. The van der Waals surface area contributed by atoms with Crippen LogP contribution in [0.4, 0.5) is 11.4 Å². The van der Waals surface area contributed by atoms with Crippen LogP contribution >= 0.6 is 15.9 Å². The number of phenols is 1. The number of aliphatic hydroxyl groups is 1. The van der Waals surface area contributed by atoms with Crippen molar-refractivity contribution < 1.29 is 15.0 Å². The number of aromatic hydroxyl groups is 1. The summed E-state index contributed by atoms with van der Waals surface area (Å²) in [6.07, 6.45) is 0.435. The maximum absolute atomic E-state index is 13.3. The maximum atomic E-state index is 13.3. The first-order chi connectivity index (χ1) is 13.1. The van der Waals surface area contributed by atoms with Crippen molar-refractivity contribution in [1.29, 1.82) is 0 Å². The van der Waals surface area contributed by atoms with Gasteiger partial charge in [0.25, 0.3) is 0 Å². The Morgan fingerprint density at radius 3 is 2.07 bits per heavy atom. The van der Waals surface area contributed by atoms with E-state index in [4.69, 9.17) is 0 Å². The third kappa shape index (κ3) is 4.76. The van der Waals surface area contributed by atoms with Gasteiger partial charge in [-0.3, -0.25) is 9.69 Å². The van der Waals surface area contributed by atoms with Gasteiger partial charge in [0.05, 0.1) is 12.5 Å². The van der Waals surface area contributed by atoms with Crippen LogP contribution in [0.15, 0.2) is 83.3 Å². The van der Waals surface area contributed by atoms with Crippen molar-refractivity contribution in [2.24, 2.45) is 5.92 Å². The number of hydrogen-bond donors (Lipinski definition) is 2. The summed E-state index contributed by atoms with van der Waals surface area (Å²) < 4.78 is 0.966. The molecule has 1 amide bonds. The molecule has 4 nitrogen and oxygen atoms in total. The molecule has 0 saturated carbocycles. The van der Waals surface area contributed by atoms with Crippen LogP contribution in [0.2, 0.25) is 0 Å². The lowest BCUT2D eigenvalue weighted by Crippen LogP contribution is -2.35. The summed E-state index contributed by atoms with van der Waals surface area (Å²) in [5.74, 6) is -0.648. The molecule has 0 aliphatic carbocycles. The van der Waals surface area contributed by atoms with E-state index in [9.17, 15) is 15.0 Å². The third-order valence-corrected chi connectivity index (χ3v) is 4.84. The van der Waals surface area contributed by atoms with E-state index < -0.39 is 5.92 Å². The molecule has 138 valence electrons. The standard InChI is InChI=1S/C22H20BrNO3/c23-18-8-6-16(7-9-18)14-17(15-25)22(27)24(19-4-2-1-3-5-19)20-10-12-21(26)13-11-20/h1-13,17,25-26H,14-15H2. The zero-order valence-electron chi connectivity index (χ0n) is 14.6. The summed E-state index contributed by atoms with van der Waals surface area (Å²) in [6, 6.07) is 23.5. The average molecular weight is 426 g/mol. The summed E-state index contributed by atoms with van der Waals surface area (Å²) >= 11 is 3.40. The number of aliphatic hydroxyl groups excluding tert-OH is 1. The molecule has 0 spiro atoms. The lowest BCUT2D eigenvalue weighted by Gasteiger charge is -2.27. The third-order valence-electron chi connectivity index (χ3n) is 4.31. The van der Waals surface area contributed by atoms with Crippen LogP contribution in [0.3, 0.4) is 0 Å². The minimum absolute atomic E-state index is 0.132. The summed E-state index contributed by atoms with van der Waals surface area (Å²) in [4.78, 5) is 14.9. The van der Waals surface area contributed by atoms with Gasteiger partial charge in [-0.2, -0.15) is 0 Å². The van der Waals surface area contributed by atoms with E-state index in [2.05, 4.69) is 15.9 Å². The largest absolute Gasteiger partial charge is 0.508 e. The van der Waals surface area contributed by atoms with Crippen molar-refractivity contribution in [2.75, 3.05) is 11.5 Å². The van der Waals surface area contributed by atoms with Crippen molar-refractivity contribution in [3.63, 3.8) is 0 Å². The van der Waals surface area contributed by atoms with Crippen LogP contribution in [-0.2, 0) is 11.2 Å². The van der Waals surface area contributed by atoms with Crippen LogP contribution in [0.25, 0.3) is 0 Å². The van der Waals surface area contributed by atoms with Gasteiger partial charge in [0.1, 0.15) is 5.75 Å². The Kier molecular flexibility index (Phi) is 6.27. The Morgan fingerprint density at radius 1 is 0.889 bits per heavy atom. The van der Waals surface area contributed by atoms with Gasteiger partial charge >= 0.3 is 0 Å². The van der Waals surface area contributed by atoms with Gasteiger partial charge in [-0.1, -0.05) is 46.3 Å². The number of para-hydroxylation sites is 1. The molecular formula is C22H20BrNO3. The number of benzene rings is 3. The molecule has 0 aliphatic heterocycles. The number of hydrogen-bond acceptors (Lipinski definition) is 3. The summed E-state index contributed by atoms with van der Waals surface area (Å²) in [5, 5.41) is 19.5. The van der Waals surface area contributed by atoms with E-state index in [0.29, 0.717) is 17.8 Å². The lowest BCUT2D eigenvalue weighted by atomic mass is 9.98. The molecule has 3 aromatic rings. The molecule has 2 N–H and O–H groups in total. The Morgan fingerprint density at radius 2 is 1.48 bits per heavy atom. The second-order valence-corrected chi connectivity index (χ2v) is 7.15. The zero-order valence-corrected chi connectivity index (χ0v) is 16.2. The molecule has 3 rings (SSSR count). The van der Waals surface area contributed by atoms with Crippen molar-refractivity contribution in [1.82, 2.24) is 0 Å². The van der Waals surface area contributed by atoms with E-state index in [1.807, 2.05) is 54.6 Å².